The van der Waals surface area contributed by atoms with Gasteiger partial charge in [-0.15, -0.1) is 11.3 Å². The molecule has 2 aromatic heterocycles. The molecule has 100 valence electrons. The maximum absolute atomic E-state index is 12.1. The number of nitrogens with zero attached hydrogens (tertiary/aromatic N) is 2. The lowest BCUT2D eigenvalue weighted by molar-refractivity contribution is 0.102. The van der Waals surface area contributed by atoms with Crippen LogP contribution in [-0.2, 0) is 0 Å². The molecule has 2 aromatic rings. The summed E-state index contributed by atoms with van der Waals surface area (Å²) in [5.41, 5.74) is 0. The van der Waals surface area contributed by atoms with Gasteiger partial charge in [-0.05, 0) is 37.8 Å². The highest BCUT2D eigenvalue weighted by Gasteiger charge is 2.30. The molecule has 1 fully saturated rings. The van der Waals surface area contributed by atoms with Crippen molar-refractivity contribution in [2.45, 2.75) is 25.8 Å². The number of hydrogen-bond acceptors (Lipinski definition) is 3. The Bertz CT molecular complexity index is 603. The Labute approximate surface area is 120 Å². The second kappa shape index (κ2) is 4.98. The minimum Gasteiger partial charge on any atom is -0.306 e. The van der Waals surface area contributed by atoms with E-state index in [1.807, 2.05) is 10.7 Å². The highest BCUT2D eigenvalue weighted by atomic mass is 35.5. The molecule has 0 aromatic carbocycles. The molecule has 3 rings (SSSR count). The number of rotatable bonds is 4. The number of anilines is 1. The minimum atomic E-state index is -0.137. The van der Waals surface area contributed by atoms with Crippen LogP contribution in [0, 0.1) is 5.92 Å². The van der Waals surface area contributed by atoms with Crippen LogP contribution in [0.3, 0.4) is 0 Å². The lowest BCUT2D eigenvalue weighted by Gasteiger charge is -2.15. The van der Waals surface area contributed by atoms with E-state index in [0.717, 1.165) is 5.82 Å². The summed E-state index contributed by atoms with van der Waals surface area (Å²) in [6, 6.07) is 5.61. The Morgan fingerprint density at radius 3 is 2.95 bits per heavy atom. The van der Waals surface area contributed by atoms with E-state index in [1.165, 1.54) is 24.2 Å². The zero-order valence-corrected chi connectivity index (χ0v) is 12.0. The van der Waals surface area contributed by atoms with Crippen molar-refractivity contribution >= 4 is 34.7 Å². The Hall–Kier alpha value is -1.33. The molecule has 0 radical (unpaired) electrons. The van der Waals surface area contributed by atoms with Crippen LogP contribution in [-0.4, -0.2) is 15.7 Å². The number of nitrogens with one attached hydrogen (secondary N) is 1. The SMILES string of the molecule is CC(C1CC1)n1nccc1NC(=O)c1ccc(Cl)s1. The third-order valence-corrected chi connectivity index (χ3v) is 4.63. The predicted molar refractivity (Wildman–Crippen MR) is 76.9 cm³/mol. The van der Waals surface area contributed by atoms with Gasteiger partial charge in [0.2, 0.25) is 0 Å². The molecule has 1 saturated carbocycles. The number of halogens is 1. The normalized spacial score (nSPS) is 16.3. The summed E-state index contributed by atoms with van der Waals surface area (Å²) >= 11 is 7.11. The van der Waals surface area contributed by atoms with E-state index >= 15 is 0 Å². The molecule has 1 amide bonds. The summed E-state index contributed by atoms with van der Waals surface area (Å²) in [7, 11) is 0. The first-order valence-corrected chi connectivity index (χ1v) is 7.45. The average molecular weight is 296 g/mol. The lowest BCUT2D eigenvalue weighted by Crippen LogP contribution is -2.17. The van der Waals surface area contributed by atoms with Crippen LogP contribution in [0.25, 0.3) is 0 Å². The summed E-state index contributed by atoms with van der Waals surface area (Å²) in [6.45, 7) is 2.14. The van der Waals surface area contributed by atoms with Crippen LogP contribution < -0.4 is 5.32 Å². The van der Waals surface area contributed by atoms with Crippen molar-refractivity contribution in [3.8, 4) is 0 Å². The molecule has 1 aliphatic rings. The van der Waals surface area contributed by atoms with Gasteiger partial charge < -0.3 is 5.32 Å². The van der Waals surface area contributed by atoms with Gasteiger partial charge >= 0.3 is 0 Å². The van der Waals surface area contributed by atoms with Gasteiger partial charge in [-0.1, -0.05) is 11.6 Å². The van der Waals surface area contributed by atoms with Crippen molar-refractivity contribution in [3.05, 3.63) is 33.6 Å². The van der Waals surface area contributed by atoms with Crippen molar-refractivity contribution in [2.24, 2.45) is 5.92 Å². The first kappa shape index (κ1) is 12.7. The van der Waals surface area contributed by atoms with E-state index in [2.05, 4.69) is 17.3 Å². The van der Waals surface area contributed by atoms with Gasteiger partial charge in [0, 0.05) is 6.07 Å². The van der Waals surface area contributed by atoms with Crippen LogP contribution in [0.4, 0.5) is 5.82 Å². The predicted octanol–water partition coefficient (Wildman–Crippen LogP) is 3.82. The second-order valence-corrected chi connectivity index (χ2v) is 6.51. The van der Waals surface area contributed by atoms with Crippen LogP contribution in [0.2, 0.25) is 4.34 Å². The number of amides is 1. The van der Waals surface area contributed by atoms with Crippen molar-refractivity contribution in [1.82, 2.24) is 9.78 Å². The molecule has 0 bridgehead atoms. The van der Waals surface area contributed by atoms with E-state index in [4.69, 9.17) is 11.6 Å². The minimum absolute atomic E-state index is 0.137. The molecular weight excluding hydrogens is 282 g/mol. The molecule has 6 heteroatoms. The molecule has 2 heterocycles. The van der Waals surface area contributed by atoms with E-state index in [9.17, 15) is 4.79 Å². The first-order chi connectivity index (χ1) is 9.15. The number of hydrogen-bond donors (Lipinski definition) is 1. The zero-order chi connectivity index (χ0) is 13.4. The van der Waals surface area contributed by atoms with Gasteiger partial charge in [-0.2, -0.15) is 5.10 Å². The van der Waals surface area contributed by atoms with Gasteiger partial charge in [-0.3, -0.25) is 4.79 Å². The lowest BCUT2D eigenvalue weighted by atomic mass is 10.2. The molecule has 1 unspecified atom stereocenters. The first-order valence-electron chi connectivity index (χ1n) is 6.25. The fraction of sp³-hybridized carbons (Fsp3) is 0.385. The largest absolute Gasteiger partial charge is 0.306 e. The average Bonchev–Trinajstić information content (AvgIpc) is 2.99. The summed E-state index contributed by atoms with van der Waals surface area (Å²) in [5, 5.41) is 7.21. The van der Waals surface area contributed by atoms with E-state index in [1.54, 1.807) is 18.3 Å². The maximum Gasteiger partial charge on any atom is 0.266 e. The second-order valence-electron chi connectivity index (χ2n) is 4.80. The molecule has 0 saturated heterocycles. The van der Waals surface area contributed by atoms with Crippen LogP contribution in [0.1, 0.15) is 35.5 Å². The smallest absolute Gasteiger partial charge is 0.266 e. The Morgan fingerprint density at radius 1 is 1.53 bits per heavy atom. The van der Waals surface area contributed by atoms with Gasteiger partial charge in [0.25, 0.3) is 5.91 Å². The summed E-state index contributed by atoms with van der Waals surface area (Å²) < 4.78 is 2.51. The number of carbonyl (C=O) groups excluding carboxylic acids is 1. The molecule has 1 aliphatic carbocycles. The van der Waals surface area contributed by atoms with Crippen LogP contribution in [0.15, 0.2) is 24.4 Å². The number of carbonyl (C=O) groups is 1. The highest BCUT2D eigenvalue weighted by molar-refractivity contribution is 7.18. The monoisotopic (exact) mass is 295 g/mol. The number of thiophene rings is 1. The van der Waals surface area contributed by atoms with Crippen LogP contribution >= 0.6 is 22.9 Å². The molecule has 4 nitrogen and oxygen atoms in total. The number of aromatic nitrogens is 2. The quantitative estimate of drug-likeness (QED) is 0.932. The molecule has 0 spiro atoms. The maximum atomic E-state index is 12.1. The Kier molecular flexibility index (Phi) is 3.33. The summed E-state index contributed by atoms with van der Waals surface area (Å²) in [4.78, 5) is 12.7. The van der Waals surface area contributed by atoms with E-state index in [0.29, 0.717) is 21.2 Å². The summed E-state index contributed by atoms with van der Waals surface area (Å²) in [5.74, 6) is 1.29. The Morgan fingerprint density at radius 2 is 2.32 bits per heavy atom. The topological polar surface area (TPSA) is 46.9 Å². The molecule has 1 atom stereocenters. The van der Waals surface area contributed by atoms with Crippen molar-refractivity contribution in [1.29, 1.82) is 0 Å². The van der Waals surface area contributed by atoms with Crippen LogP contribution in [0.5, 0.6) is 0 Å². The highest BCUT2D eigenvalue weighted by Crippen LogP contribution is 2.40. The third-order valence-electron chi connectivity index (χ3n) is 3.40. The van der Waals surface area contributed by atoms with Crippen molar-refractivity contribution < 1.29 is 4.79 Å². The Balaban J connectivity index is 1.76. The van der Waals surface area contributed by atoms with Crippen molar-refractivity contribution in [2.75, 3.05) is 5.32 Å². The molecule has 1 N–H and O–H groups in total. The molecule has 0 aliphatic heterocycles. The summed E-state index contributed by atoms with van der Waals surface area (Å²) in [6.07, 6.45) is 4.21. The van der Waals surface area contributed by atoms with E-state index in [-0.39, 0.29) is 5.91 Å². The van der Waals surface area contributed by atoms with Gasteiger partial charge in [-0.25, -0.2) is 4.68 Å². The fourth-order valence-electron chi connectivity index (χ4n) is 2.13. The standard InChI is InChI=1S/C13H14ClN3OS/c1-8(9-2-3-9)17-12(6-7-15-17)16-13(18)10-4-5-11(14)19-10/h4-9H,2-3H2,1H3,(H,16,18). The van der Waals surface area contributed by atoms with E-state index < -0.39 is 0 Å². The zero-order valence-electron chi connectivity index (χ0n) is 10.5. The third kappa shape index (κ3) is 2.67. The van der Waals surface area contributed by atoms with Gasteiger partial charge in [0.1, 0.15) is 5.82 Å². The molecular formula is C13H14ClN3OS. The van der Waals surface area contributed by atoms with Gasteiger partial charge in [0.15, 0.2) is 0 Å². The van der Waals surface area contributed by atoms with Gasteiger partial charge in [0.05, 0.1) is 21.5 Å². The van der Waals surface area contributed by atoms with Crippen molar-refractivity contribution in [3.63, 3.8) is 0 Å². The molecule has 19 heavy (non-hydrogen) atoms. The fourth-order valence-corrected chi connectivity index (χ4v) is 3.07.